The summed E-state index contributed by atoms with van der Waals surface area (Å²) in [7, 11) is 2.83. The van der Waals surface area contributed by atoms with Crippen LogP contribution in [0.25, 0.3) is 0 Å². The predicted octanol–water partition coefficient (Wildman–Crippen LogP) is 2.17. The number of nitrogens with one attached hydrogen (secondary N) is 2. The largest absolute Gasteiger partial charge is 0.480 e. The van der Waals surface area contributed by atoms with E-state index in [1.54, 1.807) is 20.8 Å². The van der Waals surface area contributed by atoms with Crippen molar-refractivity contribution in [3.8, 4) is 0 Å². The second kappa shape index (κ2) is 17.9. The van der Waals surface area contributed by atoms with Crippen molar-refractivity contribution in [3.63, 3.8) is 0 Å². The lowest BCUT2D eigenvalue weighted by Gasteiger charge is -2.35. The molecule has 0 bridgehead atoms. The summed E-state index contributed by atoms with van der Waals surface area (Å²) >= 11 is 0. The summed E-state index contributed by atoms with van der Waals surface area (Å²) in [5, 5.41) is 14.0. The van der Waals surface area contributed by atoms with Crippen molar-refractivity contribution in [3.05, 3.63) is 12.7 Å². The maximum absolute atomic E-state index is 13.7. The van der Waals surface area contributed by atoms with Gasteiger partial charge in [-0.05, 0) is 45.4 Å². The molecule has 0 saturated heterocycles. The molecule has 240 valence electrons. The number of hydrogen-bond donors (Lipinski definition) is 3. The number of nitrogens with zero attached hydrogens (tertiary/aromatic N) is 2. The highest BCUT2D eigenvalue weighted by molar-refractivity contribution is 5.92. The molecule has 0 aliphatic carbocycles. The van der Waals surface area contributed by atoms with Gasteiger partial charge in [0.2, 0.25) is 11.8 Å². The average Bonchev–Trinajstić information content (AvgIpc) is 2.87. The average molecular weight is 601 g/mol. The lowest BCUT2D eigenvalue weighted by molar-refractivity contribution is -0.159. The molecule has 3 N–H and O–H groups in total. The topological polar surface area (TPSA) is 181 Å². The number of amides is 4. The van der Waals surface area contributed by atoms with Crippen molar-refractivity contribution in [1.82, 2.24) is 20.4 Å². The van der Waals surface area contributed by atoms with E-state index in [9.17, 15) is 33.9 Å². The first-order chi connectivity index (χ1) is 19.3. The molecule has 0 radical (unpaired) electrons. The van der Waals surface area contributed by atoms with Crippen LogP contribution in [0.5, 0.6) is 0 Å². The van der Waals surface area contributed by atoms with Gasteiger partial charge < -0.3 is 39.8 Å². The fourth-order valence-electron chi connectivity index (χ4n) is 3.64. The smallest absolute Gasteiger partial charge is 0.408 e. The number of carbonyl (C=O) groups is 6. The zero-order valence-corrected chi connectivity index (χ0v) is 26.2. The molecule has 4 amide bonds. The minimum atomic E-state index is -1.59. The number of alkyl carbamates (subject to hydrolysis) is 2. The summed E-state index contributed by atoms with van der Waals surface area (Å²) < 4.78 is 15.1. The maximum Gasteiger partial charge on any atom is 0.408 e. The molecule has 0 aliphatic rings. The number of esters is 1. The summed E-state index contributed by atoms with van der Waals surface area (Å²) in [6.45, 7) is 14.5. The van der Waals surface area contributed by atoms with Crippen LogP contribution < -0.4 is 10.6 Å². The highest BCUT2D eigenvalue weighted by Gasteiger charge is 2.37. The third kappa shape index (κ3) is 14.7. The van der Waals surface area contributed by atoms with Gasteiger partial charge in [0.15, 0.2) is 6.04 Å². The van der Waals surface area contributed by atoms with Crippen molar-refractivity contribution < 1.29 is 48.1 Å². The van der Waals surface area contributed by atoms with Gasteiger partial charge in [-0.15, -0.1) is 0 Å². The van der Waals surface area contributed by atoms with E-state index in [4.69, 9.17) is 14.2 Å². The van der Waals surface area contributed by atoms with Crippen LogP contribution in [0.15, 0.2) is 12.7 Å². The van der Waals surface area contributed by atoms with Crippen molar-refractivity contribution in [2.45, 2.75) is 85.0 Å². The third-order valence-corrected chi connectivity index (χ3v) is 5.72. The van der Waals surface area contributed by atoms with Gasteiger partial charge in [0, 0.05) is 14.1 Å². The van der Waals surface area contributed by atoms with Crippen molar-refractivity contribution in [2.75, 3.05) is 33.9 Å². The molecule has 0 aromatic heterocycles. The zero-order chi connectivity index (χ0) is 32.8. The summed E-state index contributed by atoms with van der Waals surface area (Å²) in [5.74, 6) is -3.50. The van der Waals surface area contributed by atoms with Crippen molar-refractivity contribution in [2.24, 2.45) is 11.8 Å². The summed E-state index contributed by atoms with van der Waals surface area (Å²) in [5.41, 5.74) is -0.874. The molecular formula is C28H48N4O10. The van der Waals surface area contributed by atoms with Crippen molar-refractivity contribution >= 4 is 35.9 Å². The van der Waals surface area contributed by atoms with Crippen LogP contribution >= 0.6 is 0 Å². The number of rotatable bonds is 16. The molecule has 0 heterocycles. The Labute approximate surface area is 248 Å². The third-order valence-electron chi connectivity index (χ3n) is 5.72. The molecule has 3 atom stereocenters. The molecule has 0 aromatic carbocycles. The quantitative estimate of drug-likeness (QED) is 0.135. The van der Waals surface area contributed by atoms with E-state index in [2.05, 4.69) is 17.2 Å². The number of hydrogen-bond acceptors (Lipinski definition) is 9. The standard InChI is InChI=1S/C28H48N4O10/c1-11-12-40-26(38)29-15-22(33)31(9)20(13-17(2)3)23(34)32(10)21(14-18(4)5)25(37)41-16-19(24(35)36)30-27(39)42-28(6,7)8/h11,17-21H,1,12-16H2,2-10H3,(H,29,38)(H,30,39)(H,35,36)/t19-,20+,21+/m1/s1. The molecule has 0 aromatic rings. The fourth-order valence-corrected chi connectivity index (χ4v) is 3.64. The summed E-state index contributed by atoms with van der Waals surface area (Å²) in [6.07, 6.45) is 0.00171. The van der Waals surface area contributed by atoms with E-state index >= 15 is 0 Å². The van der Waals surface area contributed by atoms with E-state index in [-0.39, 0.29) is 31.3 Å². The highest BCUT2D eigenvalue weighted by Crippen LogP contribution is 2.19. The number of carboxylic acid groups (broad SMARTS) is 1. The molecule has 0 saturated carbocycles. The molecule has 0 unspecified atom stereocenters. The van der Waals surface area contributed by atoms with Crippen LogP contribution in [0.2, 0.25) is 0 Å². The van der Waals surface area contributed by atoms with Gasteiger partial charge in [0.05, 0.1) is 0 Å². The van der Waals surface area contributed by atoms with Crippen LogP contribution in [-0.2, 0) is 33.4 Å². The van der Waals surface area contributed by atoms with Gasteiger partial charge in [-0.3, -0.25) is 9.59 Å². The van der Waals surface area contributed by atoms with Gasteiger partial charge in [0.25, 0.3) is 0 Å². The van der Waals surface area contributed by atoms with E-state index in [0.717, 1.165) is 0 Å². The minimum absolute atomic E-state index is 0.0149. The maximum atomic E-state index is 13.7. The van der Waals surface area contributed by atoms with Crippen LogP contribution in [-0.4, -0.2) is 108 Å². The Hall–Kier alpha value is -3.84. The Morgan fingerprint density at radius 1 is 0.881 bits per heavy atom. The molecule has 14 nitrogen and oxygen atoms in total. The van der Waals surface area contributed by atoms with E-state index in [1.807, 2.05) is 27.7 Å². The summed E-state index contributed by atoms with van der Waals surface area (Å²) in [6, 6.07) is -3.68. The van der Waals surface area contributed by atoms with Gasteiger partial charge >= 0.3 is 24.1 Å². The number of likely N-dealkylation sites (N-methyl/N-ethyl adjacent to an activating group) is 2. The van der Waals surface area contributed by atoms with Gasteiger partial charge in [-0.25, -0.2) is 19.2 Å². The van der Waals surface area contributed by atoms with Gasteiger partial charge in [-0.2, -0.15) is 0 Å². The van der Waals surface area contributed by atoms with Crippen LogP contribution in [0.4, 0.5) is 9.59 Å². The van der Waals surface area contributed by atoms with Gasteiger partial charge in [0.1, 0.15) is 37.4 Å². The van der Waals surface area contributed by atoms with E-state index < -0.39 is 72.8 Å². The van der Waals surface area contributed by atoms with E-state index in [0.29, 0.717) is 0 Å². The number of carbonyl (C=O) groups excluding carboxylic acids is 5. The zero-order valence-electron chi connectivity index (χ0n) is 26.2. The molecular weight excluding hydrogens is 552 g/mol. The molecule has 0 rings (SSSR count). The van der Waals surface area contributed by atoms with Crippen LogP contribution in [0.3, 0.4) is 0 Å². The Morgan fingerprint density at radius 2 is 1.43 bits per heavy atom. The second-order valence-corrected chi connectivity index (χ2v) is 11.7. The van der Waals surface area contributed by atoms with Crippen LogP contribution in [0.1, 0.15) is 61.3 Å². The highest BCUT2D eigenvalue weighted by atomic mass is 16.6. The number of aliphatic carboxylic acids is 1. The second-order valence-electron chi connectivity index (χ2n) is 11.7. The minimum Gasteiger partial charge on any atom is -0.480 e. The summed E-state index contributed by atoms with van der Waals surface area (Å²) in [4.78, 5) is 77.5. The number of carboxylic acids is 1. The molecule has 0 fully saturated rings. The predicted molar refractivity (Wildman–Crippen MR) is 153 cm³/mol. The van der Waals surface area contributed by atoms with Crippen molar-refractivity contribution in [1.29, 1.82) is 0 Å². The molecule has 14 heteroatoms. The molecule has 42 heavy (non-hydrogen) atoms. The number of ether oxygens (including phenoxy) is 3. The van der Waals surface area contributed by atoms with Gasteiger partial charge in [-0.1, -0.05) is 40.3 Å². The Morgan fingerprint density at radius 3 is 1.90 bits per heavy atom. The first-order valence-electron chi connectivity index (χ1n) is 13.7. The Bertz CT molecular complexity index is 961. The monoisotopic (exact) mass is 600 g/mol. The van der Waals surface area contributed by atoms with E-state index in [1.165, 1.54) is 30.0 Å². The normalized spacial score (nSPS) is 13.3. The molecule has 0 spiro atoms. The lowest BCUT2D eigenvalue weighted by Crippen LogP contribution is -2.55. The Balaban J connectivity index is 5.75. The Kier molecular flexibility index (Phi) is 16.2. The first-order valence-corrected chi connectivity index (χ1v) is 13.7. The van der Waals surface area contributed by atoms with Crippen LogP contribution in [0, 0.1) is 11.8 Å². The SMILES string of the molecule is C=CCOC(=O)NCC(=O)N(C)[C@@H](CC(C)C)C(=O)N(C)[C@@H](CC(C)C)C(=O)OC[C@@H](NC(=O)OC(C)(C)C)C(=O)O. The first kappa shape index (κ1) is 38.2. The molecule has 0 aliphatic heterocycles. The lowest BCUT2D eigenvalue weighted by atomic mass is 9.98. The fraction of sp³-hybridized carbons (Fsp3) is 0.714.